The fourth-order valence-electron chi connectivity index (χ4n) is 9.34. The molecule has 0 N–H and O–H groups in total. The molecule has 2 aliphatic rings. The summed E-state index contributed by atoms with van der Waals surface area (Å²) in [5, 5.41) is 1.98. The minimum Gasteiger partial charge on any atom is -0.496 e. The van der Waals surface area contributed by atoms with Crippen molar-refractivity contribution in [2.45, 2.75) is 11.8 Å². The molecule has 12 heteroatoms. The average Bonchev–Trinajstić information content (AvgIpc) is 3.35. The van der Waals surface area contributed by atoms with Crippen LogP contribution in [0.25, 0.3) is 21.9 Å². The summed E-state index contributed by atoms with van der Waals surface area (Å²) in [5.41, 5.74) is 8.74. The molecule has 0 heterocycles. The van der Waals surface area contributed by atoms with Crippen molar-refractivity contribution in [1.29, 1.82) is 0 Å². The molecule has 12 nitrogen and oxygen atoms in total. The topological polar surface area (TPSA) is 111 Å². The third-order valence-electron chi connectivity index (χ3n) is 12.2. The molecule has 6 aromatic rings. The van der Waals surface area contributed by atoms with Gasteiger partial charge in [-0.15, -0.1) is 0 Å². The third-order valence-corrected chi connectivity index (χ3v) is 12.2. The molecule has 0 saturated heterocycles. The highest BCUT2D eigenvalue weighted by atomic mass is 16.5. The summed E-state index contributed by atoms with van der Waals surface area (Å²) in [7, 11) is 19.6. The smallest absolute Gasteiger partial charge is 0.134 e. The number of rotatable bonds is 16. The lowest BCUT2D eigenvalue weighted by Crippen LogP contribution is -2.16. The number of hydrogen-bond donors (Lipinski definition) is 0. The maximum atomic E-state index is 6.16. The first kappa shape index (κ1) is 43.3. The Morgan fingerprint density at radius 2 is 0.547 bits per heavy atom. The van der Waals surface area contributed by atoms with Crippen LogP contribution in [0.15, 0.2) is 84.9 Å². The van der Waals surface area contributed by atoms with Crippen molar-refractivity contribution >= 4 is 21.9 Å². The summed E-state index contributed by atoms with van der Waals surface area (Å²) in [6.45, 7) is 0. The van der Waals surface area contributed by atoms with Gasteiger partial charge in [0, 0.05) is 71.5 Å². The normalized spacial score (nSPS) is 14.8. The molecule has 0 spiro atoms. The Kier molecular flexibility index (Phi) is 12.0. The van der Waals surface area contributed by atoms with Crippen LogP contribution in [0.5, 0.6) is 69.0 Å². The molecule has 0 radical (unpaired) electrons. The van der Waals surface area contributed by atoms with Crippen LogP contribution in [0.3, 0.4) is 0 Å². The minimum atomic E-state index is -0.429. The Bertz CT molecular complexity index is 2550. The van der Waals surface area contributed by atoms with Crippen LogP contribution in [-0.2, 0) is 0 Å². The van der Waals surface area contributed by atoms with Crippen molar-refractivity contribution < 1.29 is 56.8 Å². The molecule has 0 aromatic heterocycles. The first-order valence-electron chi connectivity index (χ1n) is 20.4. The fraction of sp³-hybridized carbons (Fsp3) is 0.269. The minimum absolute atomic E-state index is 0.429. The Morgan fingerprint density at radius 3 is 0.781 bits per heavy atom. The number of allylic oxidation sites excluding steroid dienone is 2. The molecule has 0 saturated carbocycles. The molecule has 2 unspecified atom stereocenters. The summed E-state index contributed by atoms with van der Waals surface area (Å²) < 4.78 is 72.0. The number of benzene rings is 6. The summed E-state index contributed by atoms with van der Waals surface area (Å²) in [5.74, 6) is 6.14. The monoisotopic (exact) mass is 868 g/mol. The number of hydrogen-bond acceptors (Lipinski definition) is 12. The summed E-state index contributed by atoms with van der Waals surface area (Å²) in [6.07, 6.45) is 4.45. The van der Waals surface area contributed by atoms with E-state index < -0.39 is 11.8 Å². The standard InChI is InChI=1S/C52H52O12/c1-53-27-17-39(57-5)49(40(18-27)58-6)35-25-36(50-41(59-7)19-28(54-2)20-42(50)60-8)32-15-16-34-38(52-45(63-11)23-30(56-4)24-46(52)64-12)26-37(33-14-13-31(35)47(32)48(33)34)51-43(61-9)21-29(55-3)22-44(51)62-10/h13-26,35,38H,1-12H3. The summed E-state index contributed by atoms with van der Waals surface area (Å²) >= 11 is 0. The zero-order valence-corrected chi connectivity index (χ0v) is 38.1. The molecule has 2 aliphatic carbocycles. The first-order valence-corrected chi connectivity index (χ1v) is 20.4. The van der Waals surface area contributed by atoms with Crippen molar-refractivity contribution in [2.24, 2.45) is 0 Å². The third kappa shape index (κ3) is 6.93. The largest absolute Gasteiger partial charge is 0.496 e. The predicted octanol–water partition coefficient (Wildman–Crippen LogP) is 10.1. The Hall–Kier alpha value is -7.34. The average molecular weight is 869 g/mol. The van der Waals surface area contributed by atoms with E-state index in [4.69, 9.17) is 56.8 Å². The lowest BCUT2D eigenvalue weighted by atomic mass is 9.70. The van der Waals surface area contributed by atoms with Gasteiger partial charge in [0.15, 0.2) is 0 Å². The van der Waals surface area contributed by atoms with Gasteiger partial charge in [0.2, 0.25) is 0 Å². The van der Waals surface area contributed by atoms with E-state index in [0.29, 0.717) is 69.0 Å². The highest BCUT2D eigenvalue weighted by molar-refractivity contribution is 6.12. The molecule has 64 heavy (non-hydrogen) atoms. The van der Waals surface area contributed by atoms with E-state index in [2.05, 4.69) is 36.4 Å². The van der Waals surface area contributed by atoms with Crippen LogP contribution in [0.1, 0.15) is 56.3 Å². The molecule has 0 bridgehead atoms. The maximum Gasteiger partial charge on any atom is 0.134 e. The number of ether oxygens (including phenoxy) is 12. The van der Waals surface area contributed by atoms with Gasteiger partial charge in [-0.25, -0.2) is 0 Å². The quantitative estimate of drug-likeness (QED) is 0.0924. The Labute approximate surface area is 373 Å². The molecule has 8 rings (SSSR count). The van der Waals surface area contributed by atoms with Gasteiger partial charge in [-0.3, -0.25) is 0 Å². The Balaban J connectivity index is 1.57. The molecule has 0 amide bonds. The van der Waals surface area contributed by atoms with Crippen LogP contribution in [0.2, 0.25) is 0 Å². The van der Waals surface area contributed by atoms with Gasteiger partial charge in [0.05, 0.1) is 96.4 Å². The van der Waals surface area contributed by atoms with Crippen LogP contribution in [-0.4, -0.2) is 85.3 Å². The highest BCUT2D eigenvalue weighted by Crippen LogP contribution is 2.58. The van der Waals surface area contributed by atoms with Crippen LogP contribution < -0.4 is 56.8 Å². The molecule has 2 atom stereocenters. The highest BCUT2D eigenvalue weighted by Gasteiger charge is 2.38. The van der Waals surface area contributed by atoms with E-state index in [1.165, 1.54) is 0 Å². The van der Waals surface area contributed by atoms with Gasteiger partial charge >= 0.3 is 0 Å². The zero-order valence-electron chi connectivity index (χ0n) is 38.1. The van der Waals surface area contributed by atoms with Gasteiger partial charge in [-0.1, -0.05) is 36.4 Å². The van der Waals surface area contributed by atoms with Gasteiger partial charge in [-0.2, -0.15) is 0 Å². The van der Waals surface area contributed by atoms with E-state index >= 15 is 0 Å². The fourth-order valence-corrected chi connectivity index (χ4v) is 9.34. The molecule has 0 fully saturated rings. The van der Waals surface area contributed by atoms with Gasteiger partial charge < -0.3 is 56.8 Å². The summed E-state index contributed by atoms with van der Waals surface area (Å²) in [6, 6.07) is 23.7. The van der Waals surface area contributed by atoms with Gasteiger partial charge in [0.25, 0.3) is 0 Å². The predicted molar refractivity (Wildman–Crippen MR) is 246 cm³/mol. The van der Waals surface area contributed by atoms with E-state index in [-0.39, 0.29) is 0 Å². The second kappa shape index (κ2) is 17.8. The zero-order chi connectivity index (χ0) is 45.4. The second-order valence-corrected chi connectivity index (χ2v) is 15.0. The van der Waals surface area contributed by atoms with Crippen molar-refractivity contribution in [3.63, 3.8) is 0 Å². The lowest BCUT2D eigenvalue weighted by molar-refractivity contribution is 0.368. The molecule has 0 aliphatic heterocycles. The number of methoxy groups -OCH3 is 12. The first-order chi connectivity index (χ1) is 31.2. The van der Waals surface area contributed by atoms with Crippen LogP contribution in [0.4, 0.5) is 0 Å². The van der Waals surface area contributed by atoms with E-state index in [1.807, 2.05) is 48.5 Å². The second-order valence-electron chi connectivity index (χ2n) is 15.0. The molecule has 332 valence electrons. The van der Waals surface area contributed by atoms with Crippen molar-refractivity contribution in [2.75, 3.05) is 85.3 Å². The summed E-state index contributed by atoms with van der Waals surface area (Å²) in [4.78, 5) is 0. The van der Waals surface area contributed by atoms with E-state index in [9.17, 15) is 0 Å². The Morgan fingerprint density at radius 1 is 0.297 bits per heavy atom. The van der Waals surface area contributed by atoms with E-state index in [0.717, 1.165) is 66.4 Å². The maximum absolute atomic E-state index is 6.16. The van der Waals surface area contributed by atoms with Gasteiger partial charge in [0.1, 0.15) is 69.0 Å². The van der Waals surface area contributed by atoms with Gasteiger partial charge in [-0.05, 0) is 44.2 Å². The molecule has 6 aromatic carbocycles. The van der Waals surface area contributed by atoms with E-state index in [1.54, 1.807) is 85.3 Å². The lowest BCUT2D eigenvalue weighted by Gasteiger charge is -2.34. The van der Waals surface area contributed by atoms with Crippen molar-refractivity contribution in [3.05, 3.63) is 129 Å². The molecular formula is C52H52O12. The van der Waals surface area contributed by atoms with Crippen LogP contribution >= 0.6 is 0 Å². The van der Waals surface area contributed by atoms with Crippen LogP contribution in [0, 0.1) is 0 Å². The van der Waals surface area contributed by atoms with Crippen molar-refractivity contribution in [1.82, 2.24) is 0 Å². The SMILES string of the molecule is COc1cc(OC)c(C2=CC(c3c(OC)cc(OC)cc3OC)c3ccc4c5c(ccc2c35)C(c2c(OC)cc(OC)cc2OC)C=C4c2c(OC)cc(OC)cc2OC)c(OC)c1. The van der Waals surface area contributed by atoms with Crippen molar-refractivity contribution in [3.8, 4) is 69.0 Å². The molecular weight excluding hydrogens is 817 g/mol.